The Morgan fingerprint density at radius 2 is 1.57 bits per heavy atom. The van der Waals surface area contributed by atoms with E-state index in [-0.39, 0.29) is 11.3 Å². The van der Waals surface area contributed by atoms with Crippen molar-refractivity contribution in [3.63, 3.8) is 0 Å². The fourth-order valence-corrected chi connectivity index (χ4v) is 3.08. The van der Waals surface area contributed by atoms with E-state index in [1.54, 1.807) is 6.92 Å². The lowest BCUT2D eigenvalue weighted by atomic mass is 9.80. The quantitative estimate of drug-likeness (QED) is 0.238. The molecule has 0 heterocycles. The highest BCUT2D eigenvalue weighted by molar-refractivity contribution is 5.32. The van der Waals surface area contributed by atoms with E-state index >= 15 is 0 Å². The maximum atomic E-state index is 13.8. The maximum Gasteiger partial charge on any atom is 0.200 e. The first-order chi connectivity index (χ1) is 11.0. The summed E-state index contributed by atoms with van der Waals surface area (Å²) in [6.45, 7) is 11.4. The Morgan fingerprint density at radius 1 is 0.957 bits per heavy atom. The van der Waals surface area contributed by atoms with Gasteiger partial charge >= 0.3 is 0 Å². The van der Waals surface area contributed by atoms with Crippen LogP contribution in [0.25, 0.3) is 0 Å². The molecule has 0 N–H and O–H groups in total. The van der Waals surface area contributed by atoms with Gasteiger partial charge in [0.2, 0.25) is 0 Å². The number of halogens is 2. The lowest BCUT2D eigenvalue weighted by Gasteiger charge is -2.28. The molecule has 0 atom stereocenters. The fraction of sp³-hybridized carbons (Fsp3) is 0.700. The summed E-state index contributed by atoms with van der Waals surface area (Å²) in [5, 5.41) is 0. The van der Waals surface area contributed by atoms with E-state index in [1.807, 2.05) is 0 Å². The van der Waals surface area contributed by atoms with Crippen molar-refractivity contribution in [1.82, 2.24) is 0 Å². The second-order valence-electron chi connectivity index (χ2n) is 6.70. The number of hydrogen-bond acceptors (Lipinski definition) is 1. The molecule has 132 valence electrons. The van der Waals surface area contributed by atoms with Crippen molar-refractivity contribution in [3.05, 3.63) is 36.1 Å². The molecule has 0 spiro atoms. The van der Waals surface area contributed by atoms with Crippen LogP contribution in [0.4, 0.5) is 8.78 Å². The van der Waals surface area contributed by atoms with Crippen LogP contribution in [0.2, 0.25) is 0 Å². The van der Waals surface area contributed by atoms with Gasteiger partial charge in [0.25, 0.3) is 0 Å². The van der Waals surface area contributed by atoms with Gasteiger partial charge < -0.3 is 4.74 Å². The van der Waals surface area contributed by atoms with Gasteiger partial charge in [-0.25, -0.2) is 4.39 Å². The second-order valence-corrected chi connectivity index (χ2v) is 6.70. The first-order valence-electron chi connectivity index (χ1n) is 9.05. The standard InChI is InChI=1S/C20H32F2O/c1-5-7-8-9-17-10-12-18(13-11-17)14-23-16(4)20(22)19(21)15(3)6-2/h17-18H,3-14H2,1-2H3/b20-19-. The van der Waals surface area contributed by atoms with Crippen LogP contribution in [0.15, 0.2) is 36.1 Å². The second kappa shape index (κ2) is 10.6. The summed E-state index contributed by atoms with van der Waals surface area (Å²) in [7, 11) is 0. The molecule has 3 heteroatoms. The highest BCUT2D eigenvalue weighted by atomic mass is 19.2. The third-order valence-electron chi connectivity index (χ3n) is 4.85. The molecular formula is C20H32F2O. The van der Waals surface area contributed by atoms with E-state index < -0.39 is 11.7 Å². The lowest BCUT2D eigenvalue weighted by molar-refractivity contribution is 0.125. The van der Waals surface area contributed by atoms with E-state index in [0.717, 1.165) is 18.8 Å². The molecule has 23 heavy (non-hydrogen) atoms. The smallest absolute Gasteiger partial charge is 0.200 e. The molecule has 0 unspecified atom stereocenters. The van der Waals surface area contributed by atoms with Gasteiger partial charge in [0, 0.05) is 0 Å². The molecule has 1 rings (SSSR count). The maximum absolute atomic E-state index is 13.8. The zero-order valence-corrected chi connectivity index (χ0v) is 14.8. The molecule has 0 amide bonds. The topological polar surface area (TPSA) is 9.23 Å². The van der Waals surface area contributed by atoms with Gasteiger partial charge in [-0.15, -0.1) is 0 Å². The molecule has 1 nitrogen and oxygen atoms in total. The van der Waals surface area contributed by atoms with E-state index in [4.69, 9.17) is 4.74 Å². The molecule has 0 radical (unpaired) electrons. The molecule has 0 aromatic rings. The van der Waals surface area contributed by atoms with Gasteiger partial charge in [0.05, 0.1) is 6.61 Å². The van der Waals surface area contributed by atoms with Crippen LogP contribution < -0.4 is 0 Å². The van der Waals surface area contributed by atoms with Crippen LogP contribution in [-0.4, -0.2) is 6.61 Å². The highest BCUT2D eigenvalue weighted by Crippen LogP contribution is 2.33. The van der Waals surface area contributed by atoms with Gasteiger partial charge in [-0.1, -0.05) is 65.5 Å². The Bertz CT molecular complexity index is 417. The molecule has 1 aliphatic carbocycles. The number of unbranched alkanes of at least 4 members (excludes halogenated alkanes) is 2. The Labute approximate surface area is 140 Å². The summed E-state index contributed by atoms with van der Waals surface area (Å²) in [6.07, 6.45) is 10.3. The average Bonchev–Trinajstić information content (AvgIpc) is 2.58. The zero-order chi connectivity index (χ0) is 17.2. The molecule has 0 aromatic heterocycles. The van der Waals surface area contributed by atoms with Gasteiger partial charge in [0.1, 0.15) is 0 Å². The average molecular weight is 326 g/mol. The molecule has 0 bridgehead atoms. The van der Waals surface area contributed by atoms with Crippen molar-refractivity contribution in [2.45, 2.75) is 71.6 Å². The first-order valence-corrected chi connectivity index (χ1v) is 9.05. The molecule has 0 saturated heterocycles. The summed E-state index contributed by atoms with van der Waals surface area (Å²) >= 11 is 0. The highest BCUT2D eigenvalue weighted by Gasteiger charge is 2.22. The lowest BCUT2D eigenvalue weighted by Crippen LogP contribution is -2.18. The van der Waals surface area contributed by atoms with Crippen LogP contribution in [0.1, 0.15) is 71.6 Å². The predicted octanol–water partition coefficient (Wildman–Crippen LogP) is 7.02. The van der Waals surface area contributed by atoms with Gasteiger partial charge in [0.15, 0.2) is 17.4 Å². The van der Waals surface area contributed by atoms with Crippen molar-refractivity contribution in [2.75, 3.05) is 6.61 Å². The monoisotopic (exact) mass is 326 g/mol. The minimum absolute atomic E-state index is 0.139. The Kier molecular flexibility index (Phi) is 9.20. The molecule has 1 saturated carbocycles. The third-order valence-corrected chi connectivity index (χ3v) is 4.85. The van der Waals surface area contributed by atoms with Crippen molar-refractivity contribution < 1.29 is 13.5 Å². The van der Waals surface area contributed by atoms with Crippen molar-refractivity contribution in [2.24, 2.45) is 11.8 Å². The summed E-state index contributed by atoms with van der Waals surface area (Å²) in [5.74, 6) is -0.883. The number of allylic oxidation sites excluding steroid dienone is 3. The zero-order valence-electron chi connectivity index (χ0n) is 14.8. The van der Waals surface area contributed by atoms with Crippen LogP contribution in [-0.2, 0) is 4.74 Å². The van der Waals surface area contributed by atoms with Crippen molar-refractivity contribution >= 4 is 0 Å². The van der Waals surface area contributed by atoms with Gasteiger partial charge in [-0.3, -0.25) is 0 Å². The molecular weight excluding hydrogens is 294 g/mol. The molecule has 0 aromatic carbocycles. The minimum Gasteiger partial charge on any atom is -0.491 e. The first kappa shape index (κ1) is 19.9. The van der Waals surface area contributed by atoms with E-state index in [9.17, 15) is 8.78 Å². The van der Waals surface area contributed by atoms with Crippen LogP contribution in [0.3, 0.4) is 0 Å². The van der Waals surface area contributed by atoms with Crippen LogP contribution in [0, 0.1) is 11.8 Å². The summed E-state index contributed by atoms with van der Waals surface area (Å²) in [6, 6.07) is 0. The third kappa shape index (κ3) is 6.88. The molecule has 1 aliphatic rings. The predicted molar refractivity (Wildman–Crippen MR) is 93.4 cm³/mol. The summed E-state index contributed by atoms with van der Waals surface area (Å²) in [4.78, 5) is 0. The van der Waals surface area contributed by atoms with E-state index in [1.165, 1.54) is 38.5 Å². The molecule has 1 fully saturated rings. The number of ether oxygens (including phenoxy) is 1. The Hall–Kier alpha value is -1.12. The van der Waals surface area contributed by atoms with E-state index in [0.29, 0.717) is 18.9 Å². The van der Waals surface area contributed by atoms with Gasteiger partial charge in [-0.05, 0) is 36.7 Å². The van der Waals surface area contributed by atoms with Crippen LogP contribution in [0.5, 0.6) is 0 Å². The summed E-state index contributed by atoms with van der Waals surface area (Å²) < 4.78 is 32.9. The number of rotatable bonds is 10. The Morgan fingerprint density at radius 3 is 2.13 bits per heavy atom. The van der Waals surface area contributed by atoms with Crippen molar-refractivity contribution in [1.29, 1.82) is 0 Å². The molecule has 0 aliphatic heterocycles. The SMILES string of the molecule is C=C(CC)/C(F)=C(/F)C(=C)OCC1CCC(CCCCC)CC1. The minimum atomic E-state index is -1.01. The van der Waals surface area contributed by atoms with Crippen molar-refractivity contribution in [3.8, 4) is 0 Å². The number of hydrogen-bond donors (Lipinski definition) is 0. The van der Waals surface area contributed by atoms with Gasteiger partial charge in [-0.2, -0.15) is 4.39 Å². The van der Waals surface area contributed by atoms with E-state index in [2.05, 4.69) is 20.1 Å². The summed E-state index contributed by atoms with van der Waals surface area (Å²) in [5.41, 5.74) is 0.139. The normalized spacial score (nSPS) is 22.4. The fourth-order valence-electron chi connectivity index (χ4n) is 3.08. The van der Waals surface area contributed by atoms with Crippen LogP contribution >= 0.6 is 0 Å². The largest absolute Gasteiger partial charge is 0.491 e. The Balaban J connectivity index is 2.31.